The Morgan fingerprint density at radius 3 is 2.45 bits per heavy atom. The third-order valence-electron chi connectivity index (χ3n) is 3.30. The number of ether oxygens (including phenoxy) is 1. The Balaban J connectivity index is 2.24. The van der Waals surface area contributed by atoms with E-state index in [2.05, 4.69) is 46.5 Å². The summed E-state index contributed by atoms with van der Waals surface area (Å²) in [6.45, 7) is 12.5. The summed E-state index contributed by atoms with van der Waals surface area (Å²) in [7, 11) is 0. The molecule has 0 amide bonds. The van der Waals surface area contributed by atoms with Crippen LogP contribution >= 0.6 is 0 Å². The van der Waals surface area contributed by atoms with Gasteiger partial charge in [0, 0.05) is 31.1 Å². The molecule has 0 aromatic carbocycles. The lowest BCUT2D eigenvalue weighted by molar-refractivity contribution is 0.0494. The van der Waals surface area contributed by atoms with E-state index in [9.17, 15) is 0 Å². The summed E-state index contributed by atoms with van der Waals surface area (Å²) in [6.07, 6.45) is 0. The van der Waals surface area contributed by atoms with Gasteiger partial charge in [-0.1, -0.05) is 13.8 Å². The molecule has 2 rings (SSSR count). The summed E-state index contributed by atoms with van der Waals surface area (Å²) in [4.78, 5) is 9.27. The maximum atomic E-state index is 5.37. The van der Waals surface area contributed by atoms with Gasteiger partial charge in [0.2, 0.25) is 0 Å². The van der Waals surface area contributed by atoms with Crippen LogP contribution in [0.2, 0.25) is 0 Å². The molecule has 2 heterocycles. The molecule has 1 aliphatic rings. The van der Waals surface area contributed by atoms with E-state index in [-0.39, 0.29) is 0 Å². The Labute approximate surface area is 120 Å². The van der Waals surface area contributed by atoms with Crippen LogP contribution in [0.1, 0.15) is 38.1 Å². The molecule has 112 valence electrons. The van der Waals surface area contributed by atoms with E-state index in [1.807, 2.05) is 6.92 Å². The van der Waals surface area contributed by atoms with Gasteiger partial charge in [-0.15, -0.1) is 0 Å². The fourth-order valence-corrected chi connectivity index (χ4v) is 2.07. The molecule has 2 N–H and O–H groups in total. The fraction of sp³-hybridized carbons (Fsp3) is 0.714. The molecule has 0 saturated carbocycles. The number of aromatic nitrogens is 2. The van der Waals surface area contributed by atoms with Crippen molar-refractivity contribution in [1.82, 2.24) is 15.0 Å². The van der Waals surface area contributed by atoms with Gasteiger partial charge in [0.15, 0.2) is 0 Å². The second-order valence-electron chi connectivity index (χ2n) is 5.30. The first kappa shape index (κ1) is 15.0. The SMILES string of the molecule is CCNc1nc(C(C)C)nc(NN2CCOCC2)c1C. The molecule has 6 nitrogen and oxygen atoms in total. The minimum absolute atomic E-state index is 0.304. The van der Waals surface area contributed by atoms with Gasteiger partial charge in [-0.05, 0) is 13.8 Å². The van der Waals surface area contributed by atoms with Crippen molar-refractivity contribution in [3.63, 3.8) is 0 Å². The summed E-state index contributed by atoms with van der Waals surface area (Å²) in [6, 6.07) is 0. The number of hydrogen-bond acceptors (Lipinski definition) is 6. The number of rotatable bonds is 5. The van der Waals surface area contributed by atoms with Crippen LogP contribution < -0.4 is 10.7 Å². The maximum absolute atomic E-state index is 5.37. The highest BCUT2D eigenvalue weighted by Crippen LogP contribution is 2.23. The molecule has 0 aliphatic carbocycles. The van der Waals surface area contributed by atoms with Crippen molar-refractivity contribution >= 4 is 11.6 Å². The van der Waals surface area contributed by atoms with E-state index in [0.29, 0.717) is 5.92 Å². The molecule has 0 spiro atoms. The quantitative estimate of drug-likeness (QED) is 0.859. The van der Waals surface area contributed by atoms with Gasteiger partial charge in [0.05, 0.1) is 13.2 Å². The van der Waals surface area contributed by atoms with E-state index in [4.69, 9.17) is 4.74 Å². The van der Waals surface area contributed by atoms with Crippen molar-refractivity contribution in [3.05, 3.63) is 11.4 Å². The Hall–Kier alpha value is -1.40. The van der Waals surface area contributed by atoms with E-state index in [1.165, 1.54) is 0 Å². The van der Waals surface area contributed by atoms with Crippen LogP contribution in [0.15, 0.2) is 0 Å². The zero-order valence-corrected chi connectivity index (χ0v) is 12.9. The topological polar surface area (TPSA) is 62.3 Å². The molecular formula is C14H25N5O. The molecule has 6 heteroatoms. The predicted octanol–water partition coefficient (Wildman–Crippen LogP) is 2.00. The van der Waals surface area contributed by atoms with E-state index < -0.39 is 0 Å². The molecule has 0 bridgehead atoms. The van der Waals surface area contributed by atoms with Gasteiger partial charge < -0.3 is 15.5 Å². The molecule has 0 atom stereocenters. The number of morpholine rings is 1. The van der Waals surface area contributed by atoms with Crippen LogP contribution in [-0.2, 0) is 4.74 Å². The minimum atomic E-state index is 0.304. The molecule has 1 aromatic heterocycles. The lowest BCUT2D eigenvalue weighted by Crippen LogP contribution is -2.40. The summed E-state index contributed by atoms with van der Waals surface area (Å²) in [5.74, 6) is 2.98. The van der Waals surface area contributed by atoms with Crippen LogP contribution in [0, 0.1) is 6.92 Å². The standard InChI is InChI=1S/C14H25N5O/c1-5-15-13-11(4)14(17-12(16-13)10(2)3)18-19-6-8-20-9-7-19/h10H,5-9H2,1-4H3,(H2,15,16,17,18). The molecule has 1 aromatic rings. The first-order valence-corrected chi connectivity index (χ1v) is 7.33. The number of anilines is 2. The van der Waals surface area contributed by atoms with Crippen molar-refractivity contribution < 1.29 is 4.74 Å². The summed E-state index contributed by atoms with van der Waals surface area (Å²) >= 11 is 0. The van der Waals surface area contributed by atoms with Crippen LogP contribution in [0.4, 0.5) is 11.6 Å². The van der Waals surface area contributed by atoms with Crippen LogP contribution in [0.25, 0.3) is 0 Å². The summed E-state index contributed by atoms with van der Waals surface area (Å²) < 4.78 is 5.37. The lowest BCUT2D eigenvalue weighted by Gasteiger charge is -2.28. The highest BCUT2D eigenvalue weighted by Gasteiger charge is 2.16. The Morgan fingerprint density at radius 2 is 1.85 bits per heavy atom. The van der Waals surface area contributed by atoms with Gasteiger partial charge in [-0.2, -0.15) is 0 Å². The van der Waals surface area contributed by atoms with Crippen LogP contribution in [0.5, 0.6) is 0 Å². The molecule has 1 fully saturated rings. The third-order valence-corrected chi connectivity index (χ3v) is 3.30. The molecular weight excluding hydrogens is 254 g/mol. The lowest BCUT2D eigenvalue weighted by atomic mass is 10.2. The number of hydrogen-bond donors (Lipinski definition) is 2. The highest BCUT2D eigenvalue weighted by atomic mass is 16.5. The first-order chi connectivity index (χ1) is 9.61. The van der Waals surface area contributed by atoms with Crippen molar-refractivity contribution in [1.29, 1.82) is 0 Å². The van der Waals surface area contributed by atoms with Crippen molar-refractivity contribution in [2.45, 2.75) is 33.6 Å². The molecule has 20 heavy (non-hydrogen) atoms. The van der Waals surface area contributed by atoms with E-state index in [1.54, 1.807) is 0 Å². The Kier molecular flexibility index (Phi) is 5.14. The molecule has 0 unspecified atom stereocenters. The van der Waals surface area contributed by atoms with Crippen LogP contribution in [-0.4, -0.2) is 47.8 Å². The van der Waals surface area contributed by atoms with E-state index in [0.717, 1.165) is 55.9 Å². The minimum Gasteiger partial charge on any atom is -0.379 e. The molecule has 0 radical (unpaired) electrons. The number of nitrogens with one attached hydrogen (secondary N) is 2. The number of nitrogens with zero attached hydrogens (tertiary/aromatic N) is 3. The van der Waals surface area contributed by atoms with Gasteiger partial charge in [0.25, 0.3) is 0 Å². The molecule has 1 aliphatic heterocycles. The number of hydrazine groups is 1. The predicted molar refractivity (Wildman–Crippen MR) is 81.0 cm³/mol. The van der Waals surface area contributed by atoms with Gasteiger partial charge >= 0.3 is 0 Å². The second kappa shape index (κ2) is 6.85. The van der Waals surface area contributed by atoms with Gasteiger partial charge in [-0.25, -0.2) is 15.0 Å². The average Bonchev–Trinajstić information content (AvgIpc) is 2.44. The zero-order valence-electron chi connectivity index (χ0n) is 12.9. The Morgan fingerprint density at radius 1 is 1.20 bits per heavy atom. The fourth-order valence-electron chi connectivity index (χ4n) is 2.07. The normalized spacial score (nSPS) is 16.4. The maximum Gasteiger partial charge on any atom is 0.149 e. The van der Waals surface area contributed by atoms with Gasteiger partial charge in [0.1, 0.15) is 17.5 Å². The third kappa shape index (κ3) is 3.58. The highest BCUT2D eigenvalue weighted by molar-refractivity contribution is 5.57. The zero-order chi connectivity index (χ0) is 14.5. The van der Waals surface area contributed by atoms with Gasteiger partial charge in [-0.3, -0.25) is 0 Å². The van der Waals surface area contributed by atoms with Crippen molar-refractivity contribution in [2.24, 2.45) is 0 Å². The summed E-state index contributed by atoms with van der Waals surface area (Å²) in [5, 5.41) is 5.47. The largest absolute Gasteiger partial charge is 0.379 e. The van der Waals surface area contributed by atoms with E-state index >= 15 is 0 Å². The molecule has 1 saturated heterocycles. The smallest absolute Gasteiger partial charge is 0.149 e. The summed E-state index contributed by atoms with van der Waals surface area (Å²) in [5.41, 5.74) is 4.46. The monoisotopic (exact) mass is 279 g/mol. The second-order valence-corrected chi connectivity index (χ2v) is 5.30. The van der Waals surface area contributed by atoms with Crippen molar-refractivity contribution in [3.8, 4) is 0 Å². The van der Waals surface area contributed by atoms with Crippen LogP contribution in [0.3, 0.4) is 0 Å². The first-order valence-electron chi connectivity index (χ1n) is 7.33. The Bertz CT molecular complexity index is 443. The average molecular weight is 279 g/mol. The van der Waals surface area contributed by atoms with Crippen molar-refractivity contribution in [2.75, 3.05) is 43.6 Å².